The van der Waals surface area contributed by atoms with E-state index >= 15 is 0 Å². The Morgan fingerprint density at radius 3 is 2.57 bits per heavy atom. The van der Waals surface area contributed by atoms with Gasteiger partial charge in [0.05, 0.1) is 11.4 Å². The monoisotopic (exact) mass is 406 g/mol. The van der Waals surface area contributed by atoms with Crippen molar-refractivity contribution in [1.29, 1.82) is 0 Å². The summed E-state index contributed by atoms with van der Waals surface area (Å²) in [5.41, 5.74) is 5.55. The molecule has 1 N–H and O–H groups in total. The van der Waals surface area contributed by atoms with Crippen molar-refractivity contribution < 1.29 is 9.18 Å². The van der Waals surface area contributed by atoms with E-state index in [1.165, 1.54) is 12.1 Å². The van der Waals surface area contributed by atoms with Gasteiger partial charge in [0.2, 0.25) is 0 Å². The van der Waals surface area contributed by atoms with Crippen molar-refractivity contribution in [3.05, 3.63) is 71.1 Å². The van der Waals surface area contributed by atoms with Gasteiger partial charge in [-0.05, 0) is 63.1 Å². The molecule has 1 aromatic carbocycles. The summed E-state index contributed by atoms with van der Waals surface area (Å²) < 4.78 is 16.7. The van der Waals surface area contributed by atoms with Crippen LogP contribution in [0.3, 0.4) is 0 Å². The van der Waals surface area contributed by atoms with Crippen molar-refractivity contribution in [3.8, 4) is 11.3 Å². The van der Waals surface area contributed by atoms with Crippen molar-refractivity contribution in [1.82, 2.24) is 29.7 Å². The lowest BCUT2D eigenvalue weighted by molar-refractivity contribution is 0.0934. The maximum absolute atomic E-state index is 13.3. The predicted octanol–water partition coefficient (Wildman–Crippen LogP) is 3.25. The van der Waals surface area contributed by atoms with Crippen LogP contribution in [0, 0.1) is 19.7 Å². The summed E-state index contributed by atoms with van der Waals surface area (Å²) in [6.45, 7) is 5.96. The van der Waals surface area contributed by atoms with Gasteiger partial charge < -0.3 is 5.32 Å². The zero-order chi connectivity index (χ0) is 21.4. The average Bonchev–Trinajstić information content (AvgIpc) is 3.25. The van der Waals surface area contributed by atoms with Gasteiger partial charge in [-0.25, -0.2) is 13.9 Å². The Morgan fingerprint density at radius 2 is 1.90 bits per heavy atom. The maximum atomic E-state index is 13.3. The van der Waals surface area contributed by atoms with Gasteiger partial charge in [-0.2, -0.15) is 10.2 Å². The molecule has 0 aliphatic rings. The first-order valence-corrected chi connectivity index (χ1v) is 9.74. The molecule has 4 aromatic rings. The molecule has 3 aromatic heterocycles. The van der Waals surface area contributed by atoms with E-state index in [1.807, 2.05) is 32.5 Å². The van der Waals surface area contributed by atoms with Gasteiger partial charge in [-0.1, -0.05) is 0 Å². The molecule has 1 amide bonds. The molecule has 4 rings (SSSR count). The molecule has 0 saturated carbocycles. The number of aromatic nitrogens is 5. The third kappa shape index (κ3) is 3.68. The van der Waals surface area contributed by atoms with E-state index in [1.54, 1.807) is 35.0 Å². The Bertz CT molecular complexity index is 1220. The van der Waals surface area contributed by atoms with E-state index in [2.05, 4.69) is 20.5 Å². The summed E-state index contributed by atoms with van der Waals surface area (Å²) in [6.07, 6.45) is 2.33. The first-order chi connectivity index (χ1) is 14.3. The van der Waals surface area contributed by atoms with E-state index < -0.39 is 0 Å². The molecule has 154 valence electrons. The van der Waals surface area contributed by atoms with Crippen molar-refractivity contribution in [3.63, 3.8) is 0 Å². The summed E-state index contributed by atoms with van der Waals surface area (Å²) in [7, 11) is 1.91. The smallest absolute Gasteiger partial charge is 0.272 e. The Balaban J connectivity index is 1.56. The summed E-state index contributed by atoms with van der Waals surface area (Å²) in [5, 5.41) is 11.9. The number of aryl methyl sites for hydroxylation is 2. The number of carbonyl (C=O) groups excluding carboxylic acids is 1. The fourth-order valence-electron chi connectivity index (χ4n) is 3.61. The van der Waals surface area contributed by atoms with Crippen LogP contribution in [0.4, 0.5) is 4.39 Å². The molecule has 0 radical (unpaired) electrons. The SMILES string of the molecule is Cc1nn(C)c(C)c1C[C@@H](C)NC(=O)c1cc2nccc(-c3ccc(F)cc3)n2n1. The van der Waals surface area contributed by atoms with E-state index in [9.17, 15) is 9.18 Å². The van der Waals surface area contributed by atoms with Crippen molar-refractivity contribution >= 4 is 11.6 Å². The fourth-order valence-corrected chi connectivity index (χ4v) is 3.61. The largest absolute Gasteiger partial charge is 0.348 e. The number of halogens is 1. The molecule has 0 unspecified atom stereocenters. The van der Waals surface area contributed by atoms with E-state index in [0.717, 1.165) is 28.2 Å². The first-order valence-electron chi connectivity index (χ1n) is 9.74. The highest BCUT2D eigenvalue weighted by molar-refractivity contribution is 5.93. The van der Waals surface area contributed by atoms with Gasteiger partial charge in [0.1, 0.15) is 5.82 Å². The highest BCUT2D eigenvalue weighted by Gasteiger charge is 2.18. The van der Waals surface area contributed by atoms with Crippen molar-refractivity contribution in [2.75, 3.05) is 0 Å². The Kier molecular flexibility index (Phi) is 5.07. The lowest BCUT2D eigenvalue weighted by Gasteiger charge is -2.13. The molecule has 0 spiro atoms. The molecule has 0 fully saturated rings. The fraction of sp³-hybridized carbons (Fsp3) is 0.273. The predicted molar refractivity (Wildman–Crippen MR) is 112 cm³/mol. The van der Waals surface area contributed by atoms with Gasteiger partial charge in [0.25, 0.3) is 5.91 Å². The van der Waals surface area contributed by atoms with Crippen LogP contribution in [0.25, 0.3) is 16.9 Å². The molecule has 30 heavy (non-hydrogen) atoms. The summed E-state index contributed by atoms with van der Waals surface area (Å²) in [4.78, 5) is 17.1. The van der Waals surface area contributed by atoms with Crippen LogP contribution in [-0.4, -0.2) is 36.3 Å². The second-order valence-electron chi connectivity index (χ2n) is 7.49. The topological polar surface area (TPSA) is 77.1 Å². The number of fused-ring (bicyclic) bond motifs is 1. The summed E-state index contributed by atoms with van der Waals surface area (Å²) in [6, 6.07) is 9.47. The Morgan fingerprint density at radius 1 is 1.17 bits per heavy atom. The molecule has 7 nitrogen and oxygen atoms in total. The minimum absolute atomic E-state index is 0.0894. The number of rotatable bonds is 5. The molecule has 0 saturated heterocycles. The van der Waals surface area contributed by atoms with Crippen LogP contribution >= 0.6 is 0 Å². The van der Waals surface area contributed by atoms with Crippen molar-refractivity contribution in [2.45, 2.75) is 33.2 Å². The van der Waals surface area contributed by atoms with E-state index in [0.29, 0.717) is 12.1 Å². The van der Waals surface area contributed by atoms with Crippen LogP contribution in [0.15, 0.2) is 42.6 Å². The number of nitrogens with zero attached hydrogens (tertiary/aromatic N) is 5. The Hall–Kier alpha value is -3.55. The second-order valence-corrected chi connectivity index (χ2v) is 7.49. The quantitative estimate of drug-likeness (QED) is 0.552. The Labute approximate surface area is 173 Å². The number of amides is 1. The van der Waals surface area contributed by atoms with Gasteiger partial charge in [-0.3, -0.25) is 9.48 Å². The number of carbonyl (C=O) groups is 1. The maximum Gasteiger partial charge on any atom is 0.272 e. The summed E-state index contributed by atoms with van der Waals surface area (Å²) >= 11 is 0. The van der Waals surface area contributed by atoms with Crippen LogP contribution < -0.4 is 5.32 Å². The number of benzene rings is 1. The molecule has 3 heterocycles. The van der Waals surface area contributed by atoms with Gasteiger partial charge in [0.15, 0.2) is 11.3 Å². The molecule has 8 heteroatoms. The van der Waals surface area contributed by atoms with Crippen LogP contribution in [0.2, 0.25) is 0 Å². The average molecular weight is 406 g/mol. The highest BCUT2D eigenvalue weighted by atomic mass is 19.1. The standard InChI is InChI=1S/C22H23FN6O/c1-13(11-18-14(2)26-28(4)15(18)3)25-22(30)19-12-21-24-10-9-20(29(21)27-19)16-5-7-17(23)8-6-16/h5-10,12-13H,11H2,1-4H3,(H,25,30)/t13-/m1/s1. The molecule has 0 bridgehead atoms. The minimum Gasteiger partial charge on any atom is -0.348 e. The van der Waals surface area contributed by atoms with Crippen LogP contribution in [-0.2, 0) is 13.5 Å². The zero-order valence-electron chi connectivity index (χ0n) is 17.3. The van der Waals surface area contributed by atoms with Gasteiger partial charge in [-0.15, -0.1) is 0 Å². The number of hydrogen-bond acceptors (Lipinski definition) is 4. The molecule has 0 aliphatic heterocycles. The normalized spacial score (nSPS) is 12.3. The third-order valence-electron chi connectivity index (χ3n) is 5.28. The van der Waals surface area contributed by atoms with Gasteiger partial charge in [0, 0.05) is 36.6 Å². The zero-order valence-corrected chi connectivity index (χ0v) is 17.3. The van der Waals surface area contributed by atoms with Crippen LogP contribution in [0.5, 0.6) is 0 Å². The second kappa shape index (κ2) is 7.70. The van der Waals surface area contributed by atoms with E-state index in [4.69, 9.17) is 0 Å². The van der Waals surface area contributed by atoms with E-state index in [-0.39, 0.29) is 23.5 Å². The number of nitrogens with one attached hydrogen (secondary N) is 1. The lowest BCUT2D eigenvalue weighted by atomic mass is 10.1. The van der Waals surface area contributed by atoms with Crippen LogP contribution in [0.1, 0.15) is 34.4 Å². The molecule has 0 aliphatic carbocycles. The number of hydrogen-bond donors (Lipinski definition) is 1. The molecular formula is C22H23FN6O. The minimum atomic E-state index is -0.308. The molecular weight excluding hydrogens is 383 g/mol. The van der Waals surface area contributed by atoms with Gasteiger partial charge >= 0.3 is 0 Å². The van der Waals surface area contributed by atoms with Crippen molar-refractivity contribution in [2.24, 2.45) is 7.05 Å². The molecule has 1 atom stereocenters. The first kappa shape index (κ1) is 19.8. The summed E-state index contributed by atoms with van der Waals surface area (Å²) in [5.74, 6) is -0.574. The highest BCUT2D eigenvalue weighted by Crippen LogP contribution is 2.20. The third-order valence-corrected chi connectivity index (χ3v) is 5.28. The lowest BCUT2D eigenvalue weighted by Crippen LogP contribution is -2.34.